The topological polar surface area (TPSA) is 80.7 Å². The van der Waals surface area contributed by atoms with Crippen molar-refractivity contribution in [1.82, 2.24) is 0 Å². The predicted octanol–water partition coefficient (Wildman–Crippen LogP) is 4.50. The first kappa shape index (κ1) is 23.9. The van der Waals surface area contributed by atoms with Crippen LogP contribution in [-0.2, 0) is 25.8 Å². The van der Waals surface area contributed by atoms with Gasteiger partial charge in [-0.25, -0.2) is 8.42 Å². The number of alkyl halides is 3. The standard InChI is InChI=1S/C21H23F3O5S/c1-29-14-12-19(20(25)26)30(27,28)18-10-8-17(9-11-18)16-6-4-15(5-7-16)3-2-13-21(22,23)24/h4-11,19H,2-3,12-14H2,1H3,(H,25,26). The fourth-order valence-corrected chi connectivity index (χ4v) is 4.51. The molecular formula is C21H23F3O5S. The Kier molecular flexibility index (Phi) is 8.03. The van der Waals surface area contributed by atoms with Gasteiger partial charge in [0, 0.05) is 20.1 Å². The molecule has 0 fully saturated rings. The SMILES string of the molecule is COCCC(C(=O)O)S(=O)(=O)c1ccc(-c2ccc(CCCC(F)(F)F)cc2)cc1. The molecule has 5 nitrogen and oxygen atoms in total. The highest BCUT2D eigenvalue weighted by Gasteiger charge is 2.33. The molecule has 164 valence electrons. The Hall–Kier alpha value is -2.39. The molecule has 0 amide bonds. The molecule has 2 rings (SSSR count). The molecule has 2 aromatic rings. The van der Waals surface area contributed by atoms with Crippen LogP contribution in [0.1, 0.15) is 24.8 Å². The summed E-state index contributed by atoms with van der Waals surface area (Å²) in [7, 11) is -2.71. The van der Waals surface area contributed by atoms with Crippen molar-refractivity contribution in [3.8, 4) is 11.1 Å². The minimum absolute atomic E-state index is 0.00357. The molecule has 30 heavy (non-hydrogen) atoms. The van der Waals surface area contributed by atoms with Crippen molar-refractivity contribution in [2.24, 2.45) is 0 Å². The second-order valence-corrected chi connectivity index (χ2v) is 8.97. The van der Waals surface area contributed by atoms with E-state index in [2.05, 4.69) is 0 Å². The summed E-state index contributed by atoms with van der Waals surface area (Å²) in [6, 6.07) is 12.8. The summed E-state index contributed by atoms with van der Waals surface area (Å²) in [5, 5.41) is 7.67. The van der Waals surface area contributed by atoms with E-state index in [0.29, 0.717) is 12.0 Å². The van der Waals surface area contributed by atoms with Gasteiger partial charge in [0.05, 0.1) is 4.90 Å². The molecular weight excluding hydrogens is 421 g/mol. The lowest BCUT2D eigenvalue weighted by molar-refractivity contribution is -0.137. The highest BCUT2D eigenvalue weighted by Crippen LogP contribution is 2.26. The van der Waals surface area contributed by atoms with Gasteiger partial charge in [-0.3, -0.25) is 4.79 Å². The van der Waals surface area contributed by atoms with Crippen molar-refractivity contribution in [3.05, 3.63) is 54.1 Å². The molecule has 0 aliphatic heterocycles. The van der Waals surface area contributed by atoms with Crippen molar-refractivity contribution in [2.75, 3.05) is 13.7 Å². The van der Waals surface area contributed by atoms with E-state index in [0.717, 1.165) is 11.1 Å². The molecule has 0 radical (unpaired) electrons. The highest BCUT2D eigenvalue weighted by atomic mass is 32.2. The second kappa shape index (κ2) is 10.1. The van der Waals surface area contributed by atoms with Crippen LogP contribution in [0.15, 0.2) is 53.4 Å². The first-order chi connectivity index (χ1) is 14.0. The maximum atomic E-state index is 12.6. The van der Waals surface area contributed by atoms with E-state index >= 15 is 0 Å². The number of hydrogen-bond acceptors (Lipinski definition) is 4. The number of hydrogen-bond donors (Lipinski definition) is 1. The molecule has 0 saturated heterocycles. The van der Waals surface area contributed by atoms with Crippen molar-refractivity contribution in [1.29, 1.82) is 0 Å². The number of carboxylic acids is 1. The summed E-state index contributed by atoms with van der Waals surface area (Å²) in [6.07, 6.45) is -4.82. The lowest BCUT2D eigenvalue weighted by Gasteiger charge is -2.13. The van der Waals surface area contributed by atoms with Gasteiger partial charge in [0.1, 0.15) is 0 Å². The number of aryl methyl sites for hydroxylation is 1. The molecule has 0 aromatic heterocycles. The molecule has 1 atom stereocenters. The van der Waals surface area contributed by atoms with E-state index in [1.54, 1.807) is 36.4 Å². The normalized spacial score (nSPS) is 13.2. The summed E-state index contributed by atoms with van der Waals surface area (Å²) in [6.45, 7) is 0.00357. The third kappa shape index (κ3) is 6.56. The number of carboxylic acid groups (broad SMARTS) is 1. The Labute approximate surface area is 173 Å². The Morgan fingerprint density at radius 2 is 1.57 bits per heavy atom. The van der Waals surface area contributed by atoms with Crippen molar-refractivity contribution >= 4 is 15.8 Å². The first-order valence-electron chi connectivity index (χ1n) is 9.26. The van der Waals surface area contributed by atoms with E-state index in [1.165, 1.54) is 19.2 Å². The molecule has 0 aliphatic rings. The largest absolute Gasteiger partial charge is 0.480 e. The third-order valence-electron chi connectivity index (χ3n) is 4.63. The molecule has 9 heteroatoms. The summed E-state index contributed by atoms with van der Waals surface area (Å²) in [5.41, 5.74) is 2.26. The van der Waals surface area contributed by atoms with Gasteiger partial charge in [-0.05, 0) is 48.1 Å². The van der Waals surface area contributed by atoms with Crippen molar-refractivity contribution in [2.45, 2.75) is 42.0 Å². The maximum Gasteiger partial charge on any atom is 0.389 e. The van der Waals surface area contributed by atoms with E-state index in [1.807, 2.05) is 0 Å². The van der Waals surface area contributed by atoms with Crippen molar-refractivity contribution < 1.29 is 36.2 Å². The fourth-order valence-electron chi connectivity index (χ4n) is 2.99. The number of benzene rings is 2. The maximum absolute atomic E-state index is 12.6. The Bertz CT molecular complexity index is 936. The van der Waals surface area contributed by atoms with E-state index in [9.17, 15) is 31.5 Å². The molecule has 0 heterocycles. The van der Waals surface area contributed by atoms with Crippen LogP contribution in [0.3, 0.4) is 0 Å². The fraction of sp³-hybridized carbons (Fsp3) is 0.381. The number of rotatable bonds is 10. The molecule has 1 N–H and O–H groups in total. The molecule has 0 spiro atoms. The predicted molar refractivity (Wildman–Crippen MR) is 106 cm³/mol. The van der Waals surface area contributed by atoms with Gasteiger partial charge in [-0.2, -0.15) is 13.2 Å². The summed E-state index contributed by atoms with van der Waals surface area (Å²) in [4.78, 5) is 11.3. The number of halogens is 3. The summed E-state index contributed by atoms with van der Waals surface area (Å²) in [5.74, 6) is -1.43. The van der Waals surface area contributed by atoms with Gasteiger partial charge in [0.15, 0.2) is 15.1 Å². The highest BCUT2D eigenvalue weighted by molar-refractivity contribution is 7.92. The van der Waals surface area contributed by atoms with Crippen LogP contribution in [-0.4, -0.2) is 44.6 Å². The van der Waals surface area contributed by atoms with Gasteiger partial charge < -0.3 is 9.84 Å². The van der Waals surface area contributed by atoms with Crippen LogP contribution in [0.25, 0.3) is 11.1 Å². The zero-order chi connectivity index (χ0) is 22.4. The molecule has 2 aromatic carbocycles. The number of sulfone groups is 1. The smallest absolute Gasteiger partial charge is 0.389 e. The summed E-state index contributed by atoms with van der Waals surface area (Å²) >= 11 is 0. The quantitative estimate of drug-likeness (QED) is 0.584. The van der Waals surface area contributed by atoms with Crippen molar-refractivity contribution in [3.63, 3.8) is 0 Å². The minimum atomic E-state index is -4.16. The van der Waals surface area contributed by atoms with Crippen LogP contribution >= 0.6 is 0 Å². The second-order valence-electron chi connectivity index (χ2n) is 6.84. The number of methoxy groups -OCH3 is 1. The third-order valence-corrected chi connectivity index (χ3v) is 6.75. The van der Waals surface area contributed by atoms with Crippen LogP contribution in [0, 0.1) is 0 Å². The first-order valence-corrected chi connectivity index (χ1v) is 10.8. The number of aliphatic carboxylic acids is 1. The zero-order valence-corrected chi connectivity index (χ0v) is 17.2. The molecule has 0 saturated carbocycles. The van der Waals surface area contributed by atoms with Gasteiger partial charge in [-0.15, -0.1) is 0 Å². The molecule has 0 bridgehead atoms. The molecule has 1 unspecified atom stereocenters. The van der Waals surface area contributed by atoms with Gasteiger partial charge >= 0.3 is 12.1 Å². The number of ether oxygens (including phenoxy) is 1. The average molecular weight is 444 g/mol. The zero-order valence-electron chi connectivity index (χ0n) is 16.4. The van der Waals surface area contributed by atoms with Crippen LogP contribution in [0.5, 0.6) is 0 Å². The monoisotopic (exact) mass is 444 g/mol. The van der Waals surface area contributed by atoms with Gasteiger partial charge in [0.2, 0.25) is 0 Å². The minimum Gasteiger partial charge on any atom is -0.480 e. The van der Waals surface area contributed by atoms with E-state index < -0.39 is 33.7 Å². The Balaban J connectivity index is 2.12. The van der Waals surface area contributed by atoms with Gasteiger partial charge in [0.25, 0.3) is 0 Å². The van der Waals surface area contributed by atoms with Crippen LogP contribution in [0.4, 0.5) is 13.2 Å². The molecule has 0 aliphatic carbocycles. The lowest BCUT2D eigenvalue weighted by Crippen LogP contribution is -2.31. The Morgan fingerprint density at radius 1 is 1.03 bits per heavy atom. The summed E-state index contributed by atoms with van der Waals surface area (Å²) < 4.78 is 66.8. The van der Waals surface area contributed by atoms with Crippen LogP contribution in [0.2, 0.25) is 0 Å². The Morgan fingerprint density at radius 3 is 2.03 bits per heavy atom. The lowest BCUT2D eigenvalue weighted by atomic mass is 10.0. The van der Waals surface area contributed by atoms with E-state index in [-0.39, 0.29) is 24.3 Å². The van der Waals surface area contributed by atoms with Crippen LogP contribution < -0.4 is 0 Å². The number of carbonyl (C=O) groups is 1. The van der Waals surface area contributed by atoms with E-state index in [4.69, 9.17) is 4.74 Å². The van der Waals surface area contributed by atoms with Gasteiger partial charge in [-0.1, -0.05) is 36.4 Å². The average Bonchev–Trinajstić information content (AvgIpc) is 2.67.